The van der Waals surface area contributed by atoms with Gasteiger partial charge in [-0.2, -0.15) is 0 Å². The molecule has 0 unspecified atom stereocenters. The summed E-state index contributed by atoms with van der Waals surface area (Å²) >= 11 is 0. The summed E-state index contributed by atoms with van der Waals surface area (Å²) < 4.78 is 0. The van der Waals surface area contributed by atoms with Crippen molar-refractivity contribution in [3.8, 4) is 0 Å². The number of hydrogen-bond acceptors (Lipinski definition) is 3. The molecule has 2 rings (SSSR count). The maximum Gasteiger partial charge on any atom is 0.323 e. The van der Waals surface area contributed by atoms with E-state index < -0.39 is 11.5 Å². The van der Waals surface area contributed by atoms with Gasteiger partial charge in [-0.15, -0.1) is 0 Å². The topological polar surface area (TPSA) is 76.2 Å². The van der Waals surface area contributed by atoms with Gasteiger partial charge in [0.1, 0.15) is 5.54 Å². The van der Waals surface area contributed by atoms with Crippen molar-refractivity contribution in [3.63, 3.8) is 0 Å². The third kappa shape index (κ3) is 2.07. The fourth-order valence-electron chi connectivity index (χ4n) is 2.30. The number of aromatic nitrogens is 1. The van der Waals surface area contributed by atoms with Crippen LogP contribution < -0.4 is 5.73 Å². The molecular formula is C12H16N2O2. The van der Waals surface area contributed by atoms with E-state index in [-0.39, 0.29) is 0 Å². The highest BCUT2D eigenvalue weighted by Crippen LogP contribution is 2.36. The van der Waals surface area contributed by atoms with Crippen molar-refractivity contribution < 1.29 is 9.90 Å². The molecule has 0 spiro atoms. The number of pyridine rings is 1. The summed E-state index contributed by atoms with van der Waals surface area (Å²) in [4.78, 5) is 15.1. The van der Waals surface area contributed by atoms with E-state index in [0.717, 1.165) is 12.8 Å². The molecule has 0 atom stereocenters. The van der Waals surface area contributed by atoms with Gasteiger partial charge in [0.05, 0.1) is 0 Å². The molecule has 1 aromatic heterocycles. The Morgan fingerprint density at radius 2 is 2.19 bits per heavy atom. The van der Waals surface area contributed by atoms with Crippen molar-refractivity contribution in [2.75, 3.05) is 0 Å². The second-order valence-electron chi connectivity index (χ2n) is 4.52. The first-order valence-electron chi connectivity index (χ1n) is 5.54. The zero-order valence-corrected chi connectivity index (χ0v) is 9.10. The van der Waals surface area contributed by atoms with Crippen LogP contribution in [0.3, 0.4) is 0 Å². The first kappa shape index (κ1) is 11.1. The van der Waals surface area contributed by atoms with Gasteiger partial charge in [0.25, 0.3) is 0 Å². The summed E-state index contributed by atoms with van der Waals surface area (Å²) in [5, 5.41) is 9.02. The standard InChI is InChI=1S/C12H16N2O2/c13-12(11(15)16)5-3-9(4-6-12)10-2-1-7-14-8-10/h1-2,7-9H,3-6,13H2,(H,15,16). The molecule has 1 heterocycles. The van der Waals surface area contributed by atoms with Crippen molar-refractivity contribution in [1.29, 1.82) is 0 Å². The number of carboxylic acids is 1. The molecule has 1 saturated carbocycles. The van der Waals surface area contributed by atoms with Crippen LogP contribution in [-0.4, -0.2) is 21.6 Å². The third-order valence-electron chi connectivity index (χ3n) is 3.46. The fourth-order valence-corrected chi connectivity index (χ4v) is 2.30. The first-order valence-corrected chi connectivity index (χ1v) is 5.54. The number of aliphatic carboxylic acids is 1. The highest BCUT2D eigenvalue weighted by Gasteiger charge is 2.38. The number of hydrogen-bond donors (Lipinski definition) is 2. The number of rotatable bonds is 2. The molecule has 4 heteroatoms. The van der Waals surface area contributed by atoms with Crippen LogP contribution in [0.1, 0.15) is 37.2 Å². The van der Waals surface area contributed by atoms with Crippen molar-refractivity contribution in [2.45, 2.75) is 37.1 Å². The molecule has 0 aromatic carbocycles. The Balaban J connectivity index is 2.03. The van der Waals surface area contributed by atoms with Crippen LogP contribution in [0.4, 0.5) is 0 Å². The highest BCUT2D eigenvalue weighted by atomic mass is 16.4. The molecule has 1 aliphatic rings. The Labute approximate surface area is 94.5 Å². The molecule has 1 aliphatic carbocycles. The lowest BCUT2D eigenvalue weighted by atomic mass is 9.75. The monoisotopic (exact) mass is 220 g/mol. The Hall–Kier alpha value is -1.42. The van der Waals surface area contributed by atoms with Crippen LogP contribution >= 0.6 is 0 Å². The SMILES string of the molecule is NC1(C(=O)O)CCC(c2cccnc2)CC1. The largest absolute Gasteiger partial charge is 0.480 e. The average molecular weight is 220 g/mol. The molecule has 0 amide bonds. The van der Waals surface area contributed by atoms with Gasteiger partial charge in [0.2, 0.25) is 0 Å². The molecule has 0 radical (unpaired) electrons. The molecular weight excluding hydrogens is 204 g/mol. The van der Waals surface area contributed by atoms with E-state index >= 15 is 0 Å². The van der Waals surface area contributed by atoms with Crippen LogP contribution in [-0.2, 0) is 4.79 Å². The smallest absolute Gasteiger partial charge is 0.323 e. The zero-order chi connectivity index (χ0) is 11.6. The predicted molar refractivity (Wildman–Crippen MR) is 60.0 cm³/mol. The van der Waals surface area contributed by atoms with Gasteiger partial charge in [0.15, 0.2) is 0 Å². The summed E-state index contributed by atoms with van der Waals surface area (Å²) in [5.41, 5.74) is 6.00. The number of carbonyl (C=O) groups is 1. The molecule has 86 valence electrons. The Kier molecular flexibility index (Phi) is 2.92. The summed E-state index contributed by atoms with van der Waals surface area (Å²) in [7, 11) is 0. The maximum atomic E-state index is 11.0. The number of nitrogens with zero attached hydrogens (tertiary/aromatic N) is 1. The number of carboxylic acid groups (broad SMARTS) is 1. The summed E-state index contributed by atoms with van der Waals surface area (Å²) in [5.74, 6) is -0.470. The Bertz CT molecular complexity index is 370. The summed E-state index contributed by atoms with van der Waals surface area (Å²) in [6, 6.07) is 3.96. The molecule has 0 saturated heterocycles. The van der Waals surface area contributed by atoms with Gasteiger partial charge in [-0.1, -0.05) is 6.07 Å². The van der Waals surface area contributed by atoms with Crippen molar-refractivity contribution in [2.24, 2.45) is 5.73 Å². The van der Waals surface area contributed by atoms with Crippen molar-refractivity contribution in [3.05, 3.63) is 30.1 Å². The fraction of sp³-hybridized carbons (Fsp3) is 0.500. The molecule has 4 nitrogen and oxygen atoms in total. The van der Waals surface area contributed by atoms with Gasteiger partial charge in [0, 0.05) is 12.4 Å². The quantitative estimate of drug-likeness (QED) is 0.792. The van der Waals surface area contributed by atoms with Crippen molar-refractivity contribution >= 4 is 5.97 Å². The highest BCUT2D eigenvalue weighted by molar-refractivity contribution is 5.78. The third-order valence-corrected chi connectivity index (χ3v) is 3.46. The van der Waals surface area contributed by atoms with Crippen LogP contribution in [0.15, 0.2) is 24.5 Å². The second kappa shape index (κ2) is 4.22. The van der Waals surface area contributed by atoms with E-state index in [1.165, 1.54) is 5.56 Å². The van der Waals surface area contributed by atoms with Crippen LogP contribution in [0.5, 0.6) is 0 Å². The molecule has 1 aromatic rings. The van der Waals surface area contributed by atoms with E-state index in [1.54, 1.807) is 6.20 Å². The van der Waals surface area contributed by atoms with E-state index in [4.69, 9.17) is 10.8 Å². The Morgan fingerprint density at radius 1 is 1.50 bits per heavy atom. The van der Waals surface area contributed by atoms with E-state index in [1.807, 2.05) is 18.3 Å². The minimum atomic E-state index is -1.02. The summed E-state index contributed by atoms with van der Waals surface area (Å²) in [6.45, 7) is 0. The molecule has 0 bridgehead atoms. The molecule has 1 fully saturated rings. The molecule has 0 aliphatic heterocycles. The predicted octanol–water partition coefficient (Wildman–Crippen LogP) is 1.52. The second-order valence-corrected chi connectivity index (χ2v) is 4.52. The van der Waals surface area contributed by atoms with E-state index in [9.17, 15) is 4.79 Å². The normalized spacial score (nSPS) is 29.9. The summed E-state index contributed by atoms with van der Waals surface area (Å²) in [6.07, 6.45) is 6.35. The van der Waals surface area contributed by atoms with Gasteiger partial charge in [-0.05, 0) is 43.2 Å². The average Bonchev–Trinajstić information content (AvgIpc) is 2.31. The lowest BCUT2D eigenvalue weighted by Gasteiger charge is -2.33. The van der Waals surface area contributed by atoms with Crippen LogP contribution in [0.25, 0.3) is 0 Å². The molecule has 3 N–H and O–H groups in total. The van der Waals surface area contributed by atoms with Crippen LogP contribution in [0, 0.1) is 0 Å². The minimum Gasteiger partial charge on any atom is -0.480 e. The van der Waals surface area contributed by atoms with Gasteiger partial charge < -0.3 is 10.8 Å². The number of nitrogens with two attached hydrogens (primary N) is 1. The van der Waals surface area contributed by atoms with E-state index in [0.29, 0.717) is 18.8 Å². The van der Waals surface area contributed by atoms with Gasteiger partial charge in [-0.25, -0.2) is 0 Å². The van der Waals surface area contributed by atoms with Gasteiger partial charge in [-0.3, -0.25) is 9.78 Å². The zero-order valence-electron chi connectivity index (χ0n) is 9.10. The van der Waals surface area contributed by atoms with Crippen LogP contribution in [0.2, 0.25) is 0 Å². The minimum absolute atomic E-state index is 0.407. The molecule has 16 heavy (non-hydrogen) atoms. The maximum absolute atomic E-state index is 11.0. The van der Waals surface area contributed by atoms with E-state index in [2.05, 4.69) is 4.98 Å². The first-order chi connectivity index (χ1) is 7.62. The van der Waals surface area contributed by atoms with Gasteiger partial charge >= 0.3 is 5.97 Å². The van der Waals surface area contributed by atoms with Crippen molar-refractivity contribution in [1.82, 2.24) is 4.98 Å². The lowest BCUT2D eigenvalue weighted by molar-refractivity contribution is -0.144. The lowest BCUT2D eigenvalue weighted by Crippen LogP contribution is -2.50. The Morgan fingerprint density at radius 3 is 2.69 bits per heavy atom.